The van der Waals surface area contributed by atoms with Crippen LogP contribution < -0.4 is 4.72 Å². The van der Waals surface area contributed by atoms with Crippen LogP contribution in [0.2, 0.25) is 0 Å². The summed E-state index contributed by atoms with van der Waals surface area (Å²) in [5, 5.41) is 0. The lowest BCUT2D eigenvalue weighted by Gasteiger charge is -2.37. The topological polar surface area (TPSA) is 82.2 Å². The van der Waals surface area contributed by atoms with Gasteiger partial charge in [-0.1, -0.05) is 0 Å². The number of ether oxygens (including phenoxy) is 1. The number of carbonyl (C=O) groups excluding carboxylic acids is 1. The van der Waals surface area contributed by atoms with E-state index >= 15 is 0 Å². The number of carbonyl (C=O) groups is 1. The van der Waals surface area contributed by atoms with E-state index in [9.17, 15) is 13.2 Å². The van der Waals surface area contributed by atoms with Gasteiger partial charge in [0.2, 0.25) is 5.91 Å². The predicted octanol–water partition coefficient (Wildman–Crippen LogP) is -0.516. The first kappa shape index (κ1) is 19.0. The van der Waals surface area contributed by atoms with Crippen molar-refractivity contribution in [3.8, 4) is 0 Å². The number of nitrogens with zero attached hydrogens (tertiary/aromatic N) is 3. The maximum atomic E-state index is 13.0. The van der Waals surface area contributed by atoms with Crippen LogP contribution in [-0.2, 0) is 19.7 Å². The number of nitrogens with one attached hydrogen (secondary N) is 1. The van der Waals surface area contributed by atoms with Crippen molar-refractivity contribution in [2.75, 3.05) is 53.0 Å². The van der Waals surface area contributed by atoms with Crippen LogP contribution in [0.5, 0.6) is 0 Å². The monoisotopic (exact) mass is 374 g/mol. The molecule has 0 radical (unpaired) electrons. The minimum Gasteiger partial charge on any atom is -0.379 e. The second kappa shape index (κ2) is 7.87. The highest BCUT2D eigenvalue weighted by Gasteiger charge is 2.40. The van der Waals surface area contributed by atoms with Crippen molar-refractivity contribution in [1.29, 1.82) is 0 Å². The standard InChI is InChI=1S/C16H30N4O4S/c1-13-15(18-9-11-24-12-10-18)5-8-20(13)16(21)14-3-6-19(7-4-14)25(22,23)17-2/h13-15,17H,3-12H2,1-2H3/t13-,15-/m1/s1. The Kier molecular flexibility index (Phi) is 5.99. The first-order chi connectivity index (χ1) is 11.9. The molecule has 0 aromatic rings. The minimum absolute atomic E-state index is 0.0609. The summed E-state index contributed by atoms with van der Waals surface area (Å²) in [7, 11) is -1.96. The molecule has 0 spiro atoms. The minimum atomic E-state index is -3.38. The van der Waals surface area contributed by atoms with E-state index in [-0.39, 0.29) is 17.9 Å². The van der Waals surface area contributed by atoms with Gasteiger partial charge in [0, 0.05) is 57.8 Å². The van der Waals surface area contributed by atoms with Gasteiger partial charge < -0.3 is 9.64 Å². The van der Waals surface area contributed by atoms with Crippen LogP contribution in [0.1, 0.15) is 26.2 Å². The maximum Gasteiger partial charge on any atom is 0.279 e. The molecule has 0 aromatic heterocycles. The molecule has 3 rings (SSSR count). The van der Waals surface area contributed by atoms with Gasteiger partial charge in [0.15, 0.2) is 0 Å². The molecule has 1 amide bonds. The van der Waals surface area contributed by atoms with Crippen molar-refractivity contribution in [3.63, 3.8) is 0 Å². The molecule has 3 aliphatic rings. The van der Waals surface area contributed by atoms with Crippen molar-refractivity contribution < 1.29 is 17.9 Å². The number of rotatable bonds is 4. The van der Waals surface area contributed by atoms with Crippen molar-refractivity contribution >= 4 is 16.1 Å². The number of hydrogen-bond acceptors (Lipinski definition) is 5. The molecule has 3 saturated heterocycles. The Labute approximate surface area is 150 Å². The number of likely N-dealkylation sites (tertiary alicyclic amines) is 1. The smallest absolute Gasteiger partial charge is 0.279 e. The summed E-state index contributed by atoms with van der Waals surface area (Å²) in [6.45, 7) is 7.20. The molecule has 0 bridgehead atoms. The second-order valence-electron chi connectivity index (χ2n) is 7.16. The molecule has 0 unspecified atom stereocenters. The van der Waals surface area contributed by atoms with Crippen LogP contribution in [0.25, 0.3) is 0 Å². The van der Waals surface area contributed by atoms with Crippen molar-refractivity contribution in [2.45, 2.75) is 38.3 Å². The van der Waals surface area contributed by atoms with Gasteiger partial charge >= 0.3 is 0 Å². The SMILES string of the molecule is CNS(=O)(=O)N1CCC(C(=O)N2CC[C@@H](N3CCOCC3)[C@H]2C)CC1. The molecular formula is C16H30N4O4S. The molecule has 2 atom stereocenters. The average Bonchev–Trinajstić information content (AvgIpc) is 3.03. The summed E-state index contributed by atoms with van der Waals surface area (Å²) >= 11 is 0. The van der Waals surface area contributed by atoms with E-state index in [2.05, 4.69) is 16.5 Å². The van der Waals surface area contributed by atoms with Crippen LogP contribution in [0, 0.1) is 5.92 Å². The zero-order valence-electron chi connectivity index (χ0n) is 15.2. The fourth-order valence-corrected chi connectivity index (χ4v) is 5.29. The van der Waals surface area contributed by atoms with Crippen LogP contribution in [0.4, 0.5) is 0 Å². The Morgan fingerprint density at radius 1 is 1.04 bits per heavy atom. The third-order valence-corrected chi connectivity index (χ3v) is 7.47. The molecule has 0 aliphatic carbocycles. The van der Waals surface area contributed by atoms with E-state index in [0.29, 0.717) is 32.0 Å². The fraction of sp³-hybridized carbons (Fsp3) is 0.938. The van der Waals surface area contributed by atoms with Gasteiger partial charge in [-0.15, -0.1) is 0 Å². The molecule has 9 heteroatoms. The highest BCUT2D eigenvalue weighted by molar-refractivity contribution is 7.87. The van der Waals surface area contributed by atoms with Crippen molar-refractivity contribution in [2.24, 2.45) is 5.92 Å². The quantitative estimate of drug-likeness (QED) is 0.716. The van der Waals surface area contributed by atoms with Crippen molar-refractivity contribution in [3.05, 3.63) is 0 Å². The Morgan fingerprint density at radius 3 is 2.28 bits per heavy atom. The molecular weight excluding hydrogens is 344 g/mol. The highest BCUT2D eigenvalue weighted by atomic mass is 32.2. The molecule has 1 N–H and O–H groups in total. The zero-order chi connectivity index (χ0) is 18.0. The number of amides is 1. The Morgan fingerprint density at radius 2 is 1.68 bits per heavy atom. The van der Waals surface area contributed by atoms with E-state index in [1.165, 1.54) is 11.4 Å². The number of morpholine rings is 1. The van der Waals surface area contributed by atoms with E-state index in [1.807, 2.05) is 4.90 Å². The summed E-state index contributed by atoms with van der Waals surface area (Å²) < 4.78 is 32.9. The Hall–Kier alpha value is -0.740. The van der Waals surface area contributed by atoms with Crippen LogP contribution in [0.3, 0.4) is 0 Å². The molecule has 144 valence electrons. The third-order valence-electron chi connectivity index (χ3n) is 5.91. The molecule has 0 aromatic carbocycles. The van der Waals surface area contributed by atoms with E-state index in [4.69, 9.17) is 4.74 Å². The normalized spacial score (nSPS) is 30.7. The molecule has 25 heavy (non-hydrogen) atoms. The van der Waals surface area contributed by atoms with Gasteiger partial charge in [-0.05, 0) is 26.2 Å². The maximum absolute atomic E-state index is 13.0. The van der Waals surface area contributed by atoms with Gasteiger partial charge in [0.25, 0.3) is 10.2 Å². The van der Waals surface area contributed by atoms with E-state index in [1.54, 1.807) is 0 Å². The van der Waals surface area contributed by atoms with E-state index < -0.39 is 10.2 Å². The fourth-order valence-electron chi connectivity index (χ4n) is 4.34. The average molecular weight is 375 g/mol. The summed E-state index contributed by atoms with van der Waals surface area (Å²) in [6, 6.07) is 0.627. The van der Waals surface area contributed by atoms with Gasteiger partial charge in [0.05, 0.1) is 13.2 Å². The first-order valence-corrected chi connectivity index (χ1v) is 10.7. The van der Waals surface area contributed by atoms with Gasteiger partial charge in [-0.3, -0.25) is 9.69 Å². The molecule has 3 heterocycles. The number of piperidine rings is 1. The lowest BCUT2D eigenvalue weighted by Crippen LogP contribution is -2.51. The lowest BCUT2D eigenvalue weighted by atomic mass is 9.96. The molecule has 8 nitrogen and oxygen atoms in total. The molecule has 3 fully saturated rings. The second-order valence-corrected chi connectivity index (χ2v) is 9.03. The Bertz CT molecular complexity index is 571. The van der Waals surface area contributed by atoms with Gasteiger partial charge in [-0.2, -0.15) is 12.7 Å². The largest absolute Gasteiger partial charge is 0.379 e. The summed E-state index contributed by atoms with van der Waals surface area (Å²) in [6.07, 6.45) is 2.22. The first-order valence-electron chi connectivity index (χ1n) is 9.25. The van der Waals surface area contributed by atoms with Gasteiger partial charge in [-0.25, -0.2) is 4.72 Å². The van der Waals surface area contributed by atoms with Gasteiger partial charge in [0.1, 0.15) is 0 Å². The highest BCUT2D eigenvalue weighted by Crippen LogP contribution is 2.28. The van der Waals surface area contributed by atoms with Crippen LogP contribution in [0.15, 0.2) is 0 Å². The molecule has 3 aliphatic heterocycles. The van der Waals surface area contributed by atoms with Crippen molar-refractivity contribution in [1.82, 2.24) is 18.8 Å². The molecule has 0 saturated carbocycles. The summed E-state index contributed by atoms with van der Waals surface area (Å²) in [4.78, 5) is 17.4. The van der Waals surface area contributed by atoms with Crippen LogP contribution in [-0.4, -0.2) is 93.5 Å². The third kappa shape index (κ3) is 4.00. The summed E-state index contributed by atoms with van der Waals surface area (Å²) in [5.74, 6) is 0.138. The zero-order valence-corrected chi connectivity index (χ0v) is 16.0. The van der Waals surface area contributed by atoms with E-state index in [0.717, 1.165) is 39.3 Å². The Balaban J connectivity index is 1.55. The predicted molar refractivity (Wildman–Crippen MR) is 94.2 cm³/mol. The summed E-state index contributed by atoms with van der Waals surface area (Å²) in [5.41, 5.74) is 0. The van der Waals surface area contributed by atoms with Crippen LogP contribution >= 0.6 is 0 Å². The lowest BCUT2D eigenvalue weighted by molar-refractivity contribution is -0.137. The number of hydrogen-bond donors (Lipinski definition) is 1.